The van der Waals surface area contributed by atoms with Crippen LogP contribution in [0.4, 0.5) is 14.5 Å². The van der Waals surface area contributed by atoms with Gasteiger partial charge in [-0.2, -0.15) is 5.10 Å². The van der Waals surface area contributed by atoms with Crippen LogP contribution in [0.25, 0.3) is 0 Å². The van der Waals surface area contributed by atoms with Crippen molar-refractivity contribution in [2.75, 3.05) is 5.32 Å². The van der Waals surface area contributed by atoms with E-state index in [1.54, 1.807) is 12.1 Å². The highest BCUT2D eigenvalue weighted by atomic mass is 35.5. The molecule has 1 aromatic carbocycles. The number of benzene rings is 1. The van der Waals surface area contributed by atoms with Gasteiger partial charge in [0.1, 0.15) is 10.2 Å². The lowest BCUT2D eigenvalue weighted by Gasteiger charge is -2.22. The molecule has 0 saturated heterocycles. The Labute approximate surface area is 163 Å². The second-order valence-electron chi connectivity index (χ2n) is 6.71. The van der Waals surface area contributed by atoms with Crippen LogP contribution in [0.3, 0.4) is 0 Å². The summed E-state index contributed by atoms with van der Waals surface area (Å²) < 4.78 is 27.6. The highest BCUT2D eigenvalue weighted by Crippen LogP contribution is 2.60. The average molecular weight is 414 g/mol. The number of amides is 1. The number of alkyl halides is 2. The molecule has 0 radical (unpaired) electrons. The third-order valence-corrected chi connectivity index (χ3v) is 5.61. The van der Waals surface area contributed by atoms with Crippen molar-refractivity contribution in [3.8, 4) is 0 Å². The van der Waals surface area contributed by atoms with E-state index in [2.05, 4.69) is 10.4 Å². The van der Waals surface area contributed by atoms with Crippen molar-refractivity contribution in [1.82, 2.24) is 9.78 Å². The van der Waals surface area contributed by atoms with Gasteiger partial charge >= 0.3 is 0 Å². The Morgan fingerprint density at radius 2 is 2.15 bits per heavy atom. The Morgan fingerprint density at radius 3 is 2.81 bits per heavy atom. The van der Waals surface area contributed by atoms with Crippen LogP contribution >= 0.6 is 23.2 Å². The molecule has 0 aliphatic heterocycles. The molecule has 1 saturated carbocycles. The van der Waals surface area contributed by atoms with Gasteiger partial charge in [0.2, 0.25) is 0 Å². The molecule has 0 spiro atoms. The molecule has 2 bridgehead atoms. The molecule has 1 amide bonds. The van der Waals surface area contributed by atoms with Crippen molar-refractivity contribution in [2.45, 2.75) is 30.8 Å². The smallest absolute Gasteiger partial charge is 0.282 e. The fraction of sp³-hybridized carbons (Fsp3) is 0.333. The average Bonchev–Trinajstić information content (AvgIpc) is 3.24. The van der Waals surface area contributed by atoms with Gasteiger partial charge in [-0.1, -0.05) is 35.3 Å². The van der Waals surface area contributed by atoms with Crippen LogP contribution in [0, 0.1) is 0 Å². The quantitative estimate of drug-likeness (QED) is 0.790. The number of carbonyl (C=O) groups is 1. The molecule has 2 N–H and O–H groups in total. The molecule has 1 heterocycles. The summed E-state index contributed by atoms with van der Waals surface area (Å²) in [5.74, 6) is -1.20. The van der Waals surface area contributed by atoms with Crippen molar-refractivity contribution in [2.24, 2.45) is 7.05 Å². The first kappa shape index (κ1) is 18.4. The Hall–Kier alpha value is -1.96. The van der Waals surface area contributed by atoms with Gasteiger partial charge in [-0.15, -0.1) is 0 Å². The molecule has 5 nitrogen and oxygen atoms in total. The monoisotopic (exact) mass is 413 g/mol. The molecule has 2 aliphatic carbocycles. The zero-order chi connectivity index (χ0) is 19.5. The van der Waals surface area contributed by atoms with Crippen molar-refractivity contribution in [3.63, 3.8) is 0 Å². The third kappa shape index (κ3) is 2.85. The van der Waals surface area contributed by atoms with Crippen LogP contribution in [0.2, 0.25) is 0 Å². The predicted octanol–water partition coefficient (Wildman–Crippen LogP) is 4.24. The summed E-state index contributed by atoms with van der Waals surface area (Å²) >= 11 is 12.1. The maximum absolute atomic E-state index is 13.1. The normalized spacial score (nSPS) is 23.1. The van der Waals surface area contributed by atoms with Gasteiger partial charge in [0.05, 0.1) is 11.7 Å². The Morgan fingerprint density at radius 1 is 1.41 bits per heavy atom. The number of halogens is 4. The summed E-state index contributed by atoms with van der Waals surface area (Å²) in [5.41, 5.74) is 2.14. The lowest BCUT2D eigenvalue weighted by atomic mass is 9.88. The molecule has 27 heavy (non-hydrogen) atoms. The Bertz CT molecular complexity index is 970. The van der Waals surface area contributed by atoms with E-state index in [1.807, 2.05) is 6.07 Å². The van der Waals surface area contributed by atoms with E-state index in [0.29, 0.717) is 12.1 Å². The van der Waals surface area contributed by atoms with Gasteiger partial charge in [-0.05, 0) is 29.2 Å². The largest absolute Gasteiger partial charge is 0.392 e. The fourth-order valence-electron chi connectivity index (χ4n) is 4.21. The Kier molecular flexibility index (Phi) is 4.49. The van der Waals surface area contributed by atoms with Crippen LogP contribution in [0.15, 0.2) is 34.5 Å². The zero-order valence-electron chi connectivity index (χ0n) is 14.1. The van der Waals surface area contributed by atoms with Crippen molar-refractivity contribution in [1.29, 1.82) is 0 Å². The molecule has 4 rings (SSSR count). The predicted molar refractivity (Wildman–Crippen MR) is 97.4 cm³/mol. The molecule has 1 aromatic heterocycles. The lowest BCUT2D eigenvalue weighted by Crippen LogP contribution is -2.19. The maximum Gasteiger partial charge on any atom is 0.282 e. The summed E-state index contributed by atoms with van der Waals surface area (Å²) in [4.78, 5) is 12.6. The van der Waals surface area contributed by atoms with Gasteiger partial charge < -0.3 is 10.4 Å². The zero-order valence-corrected chi connectivity index (χ0v) is 15.6. The highest BCUT2D eigenvalue weighted by molar-refractivity contribution is 6.56. The summed E-state index contributed by atoms with van der Waals surface area (Å²) in [7, 11) is 1.47. The minimum absolute atomic E-state index is 0.113. The third-order valence-electron chi connectivity index (χ3n) is 5.17. The number of anilines is 1. The summed E-state index contributed by atoms with van der Waals surface area (Å²) in [6.45, 7) is 0. The van der Waals surface area contributed by atoms with E-state index in [1.165, 1.54) is 17.9 Å². The van der Waals surface area contributed by atoms with Gasteiger partial charge in [-0.3, -0.25) is 9.48 Å². The van der Waals surface area contributed by atoms with E-state index in [0.717, 1.165) is 16.7 Å². The van der Waals surface area contributed by atoms with Crippen LogP contribution in [-0.2, 0) is 7.05 Å². The maximum atomic E-state index is 13.1. The van der Waals surface area contributed by atoms with E-state index in [4.69, 9.17) is 23.2 Å². The first-order valence-corrected chi connectivity index (χ1v) is 9.04. The number of rotatable bonds is 3. The van der Waals surface area contributed by atoms with Crippen LogP contribution in [-0.4, -0.2) is 26.9 Å². The van der Waals surface area contributed by atoms with E-state index in [-0.39, 0.29) is 21.9 Å². The molecule has 142 valence electrons. The second kappa shape index (κ2) is 6.58. The highest BCUT2D eigenvalue weighted by Gasteiger charge is 2.49. The number of nitrogens with one attached hydrogen (secondary N) is 1. The number of hydrogen-bond acceptors (Lipinski definition) is 3. The second-order valence-corrected chi connectivity index (χ2v) is 7.66. The SMILES string of the molecule is Cn1cc(C(=O)Nc2cccc3c2C2CC(O)C3C2=C(Cl)Cl)c(C(F)F)n1. The van der Waals surface area contributed by atoms with Crippen LogP contribution < -0.4 is 5.32 Å². The number of aryl methyl sites for hydroxylation is 1. The first-order chi connectivity index (χ1) is 12.8. The van der Waals surface area contributed by atoms with Gasteiger partial charge in [0, 0.05) is 30.8 Å². The molecular formula is C18H15Cl2F2N3O2. The minimum Gasteiger partial charge on any atom is -0.392 e. The van der Waals surface area contributed by atoms with Crippen molar-refractivity contribution in [3.05, 3.63) is 56.8 Å². The minimum atomic E-state index is -2.86. The van der Waals surface area contributed by atoms with Crippen LogP contribution in [0.5, 0.6) is 0 Å². The molecule has 9 heteroatoms. The van der Waals surface area contributed by atoms with Gasteiger partial charge in [-0.25, -0.2) is 8.78 Å². The molecule has 3 unspecified atom stereocenters. The van der Waals surface area contributed by atoms with E-state index < -0.39 is 24.1 Å². The number of hydrogen-bond donors (Lipinski definition) is 2. The lowest BCUT2D eigenvalue weighted by molar-refractivity contribution is 0.101. The molecule has 1 fully saturated rings. The van der Waals surface area contributed by atoms with Gasteiger partial charge in [0.15, 0.2) is 0 Å². The number of aromatic nitrogens is 2. The summed E-state index contributed by atoms with van der Waals surface area (Å²) in [6, 6.07) is 5.28. The Balaban J connectivity index is 1.72. The fourth-order valence-corrected chi connectivity index (χ4v) is 4.71. The number of carbonyl (C=O) groups excluding carboxylic acids is 1. The molecule has 3 atom stereocenters. The summed E-state index contributed by atoms with van der Waals surface area (Å²) in [6.07, 6.45) is -1.75. The standard InChI is InChI=1S/C18H15Cl2F2N3O2/c1-25-6-9(15(24-25)17(21)22)18(27)23-10-4-2-3-7-12(10)8-5-11(26)13(7)14(8)16(19)20/h2-4,6,8,11,13,17,26H,5H2,1H3,(H,23,27). The van der Waals surface area contributed by atoms with E-state index in [9.17, 15) is 18.7 Å². The number of aliphatic hydroxyl groups is 1. The number of aliphatic hydroxyl groups excluding tert-OH is 1. The molecule has 2 aromatic rings. The van der Waals surface area contributed by atoms with Gasteiger partial charge in [0.25, 0.3) is 12.3 Å². The summed E-state index contributed by atoms with van der Waals surface area (Å²) in [5, 5.41) is 16.7. The topological polar surface area (TPSA) is 67.2 Å². The van der Waals surface area contributed by atoms with Crippen molar-refractivity contribution < 1.29 is 18.7 Å². The molecule has 2 aliphatic rings. The number of nitrogens with zero attached hydrogens (tertiary/aromatic N) is 2. The first-order valence-electron chi connectivity index (χ1n) is 8.28. The molecular weight excluding hydrogens is 399 g/mol. The number of fused-ring (bicyclic) bond motifs is 5. The van der Waals surface area contributed by atoms with E-state index >= 15 is 0 Å². The van der Waals surface area contributed by atoms with Crippen LogP contribution in [0.1, 0.15) is 51.9 Å². The van der Waals surface area contributed by atoms with Crippen molar-refractivity contribution >= 4 is 34.8 Å².